The Morgan fingerprint density at radius 3 is 1.80 bits per heavy atom. The van der Waals surface area contributed by atoms with E-state index in [4.69, 9.17) is 0 Å². The fourth-order valence-electron chi connectivity index (χ4n) is 5.11. The molecule has 1 aliphatic rings. The summed E-state index contributed by atoms with van der Waals surface area (Å²) in [6, 6.07) is 43.2. The van der Waals surface area contributed by atoms with Crippen molar-refractivity contribution in [1.29, 1.82) is 0 Å². The molecule has 2 nitrogen and oxygen atoms in total. The number of nitrogens with zero attached hydrogens (tertiary/aromatic N) is 2. The quantitative estimate of drug-likeness (QED) is 0.251. The number of fused-ring (bicyclic) bond motifs is 5. The molecule has 0 unspecified atom stereocenters. The Kier molecular flexibility index (Phi) is 4.51. The summed E-state index contributed by atoms with van der Waals surface area (Å²) in [4.78, 5) is 0. The lowest BCUT2D eigenvalue weighted by atomic mass is 9.97. The summed E-state index contributed by atoms with van der Waals surface area (Å²) in [5, 5.41) is 7.24. The Morgan fingerprint density at radius 2 is 1.06 bits per heavy atom. The van der Waals surface area contributed by atoms with Crippen LogP contribution in [0.25, 0.3) is 25.7 Å². The molecule has 0 atom stereocenters. The highest BCUT2D eigenvalue weighted by molar-refractivity contribution is 7.25. The number of thiophene rings is 1. The molecular formula is C32H22N2S. The van der Waals surface area contributed by atoms with Gasteiger partial charge in [-0.2, -0.15) is 0 Å². The molecule has 3 heteroatoms. The lowest BCUT2D eigenvalue weighted by Gasteiger charge is -2.38. The van der Waals surface area contributed by atoms with Crippen LogP contribution >= 0.6 is 11.3 Å². The molecule has 0 saturated heterocycles. The molecule has 0 fully saturated rings. The van der Waals surface area contributed by atoms with Gasteiger partial charge in [-0.05, 0) is 54.1 Å². The van der Waals surface area contributed by atoms with Gasteiger partial charge in [0.1, 0.15) is 0 Å². The average molecular weight is 467 g/mol. The van der Waals surface area contributed by atoms with Crippen LogP contribution in [0.2, 0.25) is 0 Å². The summed E-state index contributed by atoms with van der Waals surface area (Å²) in [6.45, 7) is 4.54. The number of hydrogen-bond acceptors (Lipinski definition) is 3. The predicted molar refractivity (Wildman–Crippen MR) is 151 cm³/mol. The molecule has 0 saturated carbocycles. The van der Waals surface area contributed by atoms with E-state index in [0.29, 0.717) is 0 Å². The Morgan fingerprint density at radius 1 is 0.486 bits per heavy atom. The minimum absolute atomic E-state index is 1.03. The molecule has 6 aromatic rings. The van der Waals surface area contributed by atoms with Gasteiger partial charge in [-0.3, -0.25) is 0 Å². The SMILES string of the molecule is C=C1c2ccccc2N(c2ccccc2)N(c2ccc3sc4ccccc4c3c2)c2ccccc21. The van der Waals surface area contributed by atoms with E-state index in [9.17, 15) is 0 Å². The Labute approximate surface area is 208 Å². The van der Waals surface area contributed by atoms with E-state index in [-0.39, 0.29) is 0 Å². The first-order valence-electron chi connectivity index (χ1n) is 11.7. The zero-order valence-corrected chi connectivity index (χ0v) is 19.9. The van der Waals surface area contributed by atoms with Crippen LogP contribution in [0, 0.1) is 0 Å². The van der Waals surface area contributed by atoms with Gasteiger partial charge < -0.3 is 0 Å². The molecule has 1 aliphatic heterocycles. The van der Waals surface area contributed by atoms with Crippen molar-refractivity contribution in [3.05, 3.63) is 139 Å². The molecule has 166 valence electrons. The van der Waals surface area contributed by atoms with Crippen molar-refractivity contribution >= 4 is 59.8 Å². The second kappa shape index (κ2) is 7.86. The maximum Gasteiger partial charge on any atom is 0.0715 e. The molecule has 0 radical (unpaired) electrons. The minimum atomic E-state index is 1.03. The van der Waals surface area contributed by atoms with E-state index >= 15 is 0 Å². The van der Waals surface area contributed by atoms with E-state index in [0.717, 1.165) is 39.4 Å². The summed E-state index contributed by atoms with van der Waals surface area (Å²) >= 11 is 1.85. The van der Waals surface area contributed by atoms with Gasteiger partial charge in [-0.25, -0.2) is 10.0 Å². The first-order chi connectivity index (χ1) is 17.3. The van der Waals surface area contributed by atoms with Crippen molar-refractivity contribution < 1.29 is 0 Å². The second-order valence-electron chi connectivity index (χ2n) is 8.75. The van der Waals surface area contributed by atoms with E-state index in [1.165, 1.54) is 20.2 Å². The van der Waals surface area contributed by atoms with Gasteiger partial charge in [-0.15, -0.1) is 11.3 Å². The van der Waals surface area contributed by atoms with Crippen LogP contribution in [-0.2, 0) is 0 Å². The monoisotopic (exact) mass is 466 g/mol. The minimum Gasteiger partial charge on any atom is -0.248 e. The fourth-order valence-corrected chi connectivity index (χ4v) is 6.20. The molecule has 0 amide bonds. The second-order valence-corrected chi connectivity index (χ2v) is 9.83. The maximum atomic E-state index is 4.54. The standard InChI is InChI=1S/C32H22N2S/c1-22-25-13-5-8-16-29(25)33(23-11-3-2-4-12-23)34(30-17-9-6-14-26(22)30)24-19-20-32-28(21-24)27-15-7-10-18-31(27)35-32/h2-21H,1H2. The highest BCUT2D eigenvalue weighted by Gasteiger charge is 2.30. The van der Waals surface area contributed by atoms with Crippen LogP contribution in [0.15, 0.2) is 128 Å². The summed E-state index contributed by atoms with van der Waals surface area (Å²) in [5.74, 6) is 0. The Balaban J connectivity index is 1.57. The van der Waals surface area contributed by atoms with Crippen molar-refractivity contribution in [2.24, 2.45) is 0 Å². The molecular weight excluding hydrogens is 444 g/mol. The molecule has 1 aromatic heterocycles. The number of anilines is 4. The Bertz CT molecular complexity index is 1730. The highest BCUT2D eigenvalue weighted by Crippen LogP contribution is 2.48. The third-order valence-electron chi connectivity index (χ3n) is 6.72. The van der Waals surface area contributed by atoms with E-state index in [1.807, 2.05) is 11.3 Å². The maximum absolute atomic E-state index is 4.54. The normalized spacial score (nSPS) is 13.1. The summed E-state index contributed by atoms with van der Waals surface area (Å²) in [6.07, 6.45) is 0. The number of para-hydroxylation sites is 3. The molecule has 0 bridgehead atoms. The largest absolute Gasteiger partial charge is 0.248 e. The van der Waals surface area contributed by atoms with Gasteiger partial charge >= 0.3 is 0 Å². The molecule has 0 aliphatic carbocycles. The average Bonchev–Trinajstić information content (AvgIpc) is 3.25. The van der Waals surface area contributed by atoms with Crippen molar-refractivity contribution in [3.8, 4) is 0 Å². The van der Waals surface area contributed by atoms with Crippen LogP contribution in [0.1, 0.15) is 11.1 Å². The first kappa shape index (κ1) is 20.1. The van der Waals surface area contributed by atoms with Gasteiger partial charge in [0.05, 0.1) is 22.7 Å². The van der Waals surface area contributed by atoms with Gasteiger partial charge in [0.25, 0.3) is 0 Å². The van der Waals surface area contributed by atoms with Crippen molar-refractivity contribution in [2.45, 2.75) is 0 Å². The molecule has 0 spiro atoms. The third kappa shape index (κ3) is 3.09. The first-order valence-corrected chi connectivity index (χ1v) is 12.6. The molecule has 35 heavy (non-hydrogen) atoms. The topological polar surface area (TPSA) is 6.48 Å². The van der Waals surface area contributed by atoms with Crippen LogP contribution in [-0.4, -0.2) is 0 Å². The van der Waals surface area contributed by atoms with Crippen LogP contribution in [0.4, 0.5) is 22.7 Å². The van der Waals surface area contributed by atoms with Crippen molar-refractivity contribution in [1.82, 2.24) is 0 Å². The lowest BCUT2D eigenvalue weighted by Crippen LogP contribution is -2.35. The molecule has 7 rings (SSSR count). The fraction of sp³-hybridized carbons (Fsp3) is 0. The zero-order valence-electron chi connectivity index (χ0n) is 19.1. The van der Waals surface area contributed by atoms with Crippen LogP contribution in [0.3, 0.4) is 0 Å². The van der Waals surface area contributed by atoms with Gasteiger partial charge in [0.2, 0.25) is 0 Å². The lowest BCUT2D eigenvalue weighted by molar-refractivity contribution is 0.994. The number of benzene rings is 5. The van der Waals surface area contributed by atoms with Gasteiger partial charge in [-0.1, -0.05) is 79.4 Å². The Hall–Kier alpha value is -4.34. The number of hydrazine groups is 1. The van der Waals surface area contributed by atoms with E-state index in [1.54, 1.807) is 0 Å². The van der Waals surface area contributed by atoms with Gasteiger partial charge in [0.15, 0.2) is 0 Å². The van der Waals surface area contributed by atoms with E-state index in [2.05, 4.69) is 138 Å². The van der Waals surface area contributed by atoms with Gasteiger partial charge in [0, 0.05) is 31.3 Å². The molecule has 2 heterocycles. The van der Waals surface area contributed by atoms with Crippen LogP contribution in [0.5, 0.6) is 0 Å². The van der Waals surface area contributed by atoms with Crippen LogP contribution < -0.4 is 10.0 Å². The van der Waals surface area contributed by atoms with Crippen molar-refractivity contribution in [2.75, 3.05) is 10.0 Å². The zero-order chi connectivity index (χ0) is 23.4. The molecule has 5 aromatic carbocycles. The summed E-state index contributed by atoms with van der Waals surface area (Å²) < 4.78 is 2.61. The number of hydrogen-bond donors (Lipinski definition) is 0. The van der Waals surface area contributed by atoms with E-state index < -0.39 is 0 Å². The molecule has 0 N–H and O–H groups in total. The predicted octanol–water partition coefficient (Wildman–Crippen LogP) is 9.32. The smallest absolute Gasteiger partial charge is 0.0715 e. The summed E-state index contributed by atoms with van der Waals surface area (Å²) in [7, 11) is 0. The number of rotatable bonds is 2. The highest BCUT2D eigenvalue weighted by atomic mass is 32.1. The third-order valence-corrected chi connectivity index (χ3v) is 7.87. The summed E-state index contributed by atoms with van der Waals surface area (Å²) in [5.41, 5.74) is 7.72. The van der Waals surface area contributed by atoms with Crippen molar-refractivity contribution in [3.63, 3.8) is 0 Å².